The average molecular weight is 435 g/mol. The number of carbonyl (C=O) groups is 2. The van der Waals surface area contributed by atoms with Crippen LogP contribution in [0.5, 0.6) is 0 Å². The number of amides is 2. The number of thioether (sulfide) groups is 1. The third-order valence-electron chi connectivity index (χ3n) is 6.68. The molecule has 31 heavy (non-hydrogen) atoms. The molecule has 2 aromatic carbocycles. The fraction of sp³-hybridized carbons (Fsp3) is 0.385. The van der Waals surface area contributed by atoms with Gasteiger partial charge in [-0.1, -0.05) is 68.3 Å². The van der Waals surface area contributed by atoms with Crippen LogP contribution in [-0.2, 0) is 4.79 Å². The third-order valence-corrected chi connectivity index (χ3v) is 7.76. The van der Waals surface area contributed by atoms with Gasteiger partial charge in [0.1, 0.15) is 0 Å². The van der Waals surface area contributed by atoms with Gasteiger partial charge in [-0.15, -0.1) is 0 Å². The van der Waals surface area contributed by atoms with E-state index in [1.165, 1.54) is 18.2 Å². The SMILES string of the molecule is Cc1cccc(/C=C2\Sc3ccc(C(=O)N[C@@H]4CCC[C@@H](C)[C@H]4C)cc3N(C)C2=O)c1. The zero-order valence-electron chi connectivity index (χ0n) is 18.6. The summed E-state index contributed by atoms with van der Waals surface area (Å²) in [5, 5.41) is 3.23. The molecule has 3 atom stereocenters. The summed E-state index contributed by atoms with van der Waals surface area (Å²) in [4.78, 5) is 29.2. The number of rotatable bonds is 3. The maximum Gasteiger partial charge on any atom is 0.264 e. The van der Waals surface area contributed by atoms with Gasteiger partial charge in [-0.05, 0) is 55.0 Å². The summed E-state index contributed by atoms with van der Waals surface area (Å²) in [7, 11) is 1.78. The molecule has 1 N–H and O–H groups in total. The van der Waals surface area contributed by atoms with Gasteiger partial charge in [0.2, 0.25) is 0 Å². The summed E-state index contributed by atoms with van der Waals surface area (Å²) in [6, 6.07) is 14.0. The van der Waals surface area contributed by atoms with Crippen molar-refractivity contribution in [3.63, 3.8) is 0 Å². The first-order valence-electron chi connectivity index (χ1n) is 11.0. The van der Waals surface area contributed by atoms with Crippen LogP contribution in [0.2, 0.25) is 0 Å². The van der Waals surface area contributed by atoms with Crippen molar-refractivity contribution in [2.75, 3.05) is 11.9 Å². The summed E-state index contributed by atoms with van der Waals surface area (Å²) < 4.78 is 0. The predicted molar refractivity (Wildman–Crippen MR) is 128 cm³/mol. The summed E-state index contributed by atoms with van der Waals surface area (Å²) in [5.74, 6) is 0.998. The summed E-state index contributed by atoms with van der Waals surface area (Å²) >= 11 is 1.46. The van der Waals surface area contributed by atoms with E-state index in [1.54, 1.807) is 11.9 Å². The molecule has 0 bridgehead atoms. The minimum atomic E-state index is -0.0549. The summed E-state index contributed by atoms with van der Waals surface area (Å²) in [5.41, 5.74) is 3.57. The Morgan fingerprint density at radius 1 is 1.16 bits per heavy atom. The fourth-order valence-electron chi connectivity index (χ4n) is 4.48. The van der Waals surface area contributed by atoms with Crippen molar-refractivity contribution >= 4 is 35.3 Å². The number of nitrogens with one attached hydrogen (secondary N) is 1. The van der Waals surface area contributed by atoms with Gasteiger partial charge >= 0.3 is 0 Å². The molecule has 2 aromatic rings. The highest BCUT2D eigenvalue weighted by atomic mass is 32.2. The molecule has 0 aromatic heterocycles. The number of benzene rings is 2. The lowest BCUT2D eigenvalue weighted by Crippen LogP contribution is -2.43. The number of nitrogens with zero attached hydrogens (tertiary/aromatic N) is 1. The van der Waals surface area contributed by atoms with Crippen LogP contribution in [-0.4, -0.2) is 24.9 Å². The Bertz CT molecular complexity index is 1050. The second-order valence-corrected chi connectivity index (χ2v) is 10.0. The largest absolute Gasteiger partial charge is 0.349 e. The Morgan fingerprint density at radius 3 is 2.74 bits per heavy atom. The van der Waals surface area contributed by atoms with Crippen molar-refractivity contribution in [3.05, 3.63) is 64.1 Å². The highest BCUT2D eigenvalue weighted by molar-refractivity contribution is 8.04. The van der Waals surface area contributed by atoms with Crippen molar-refractivity contribution in [2.45, 2.75) is 51.0 Å². The minimum Gasteiger partial charge on any atom is -0.349 e. The lowest BCUT2D eigenvalue weighted by atomic mass is 9.78. The van der Waals surface area contributed by atoms with Gasteiger partial charge in [0.25, 0.3) is 11.8 Å². The molecule has 4 nitrogen and oxygen atoms in total. The second-order valence-electron chi connectivity index (χ2n) is 8.92. The molecule has 1 heterocycles. The quantitative estimate of drug-likeness (QED) is 0.634. The van der Waals surface area contributed by atoms with Crippen LogP contribution in [0.4, 0.5) is 5.69 Å². The molecular weight excluding hydrogens is 404 g/mol. The van der Waals surface area contributed by atoms with E-state index in [0.717, 1.165) is 34.6 Å². The first-order valence-corrected chi connectivity index (χ1v) is 11.8. The Morgan fingerprint density at radius 2 is 1.97 bits per heavy atom. The lowest BCUT2D eigenvalue weighted by molar-refractivity contribution is -0.114. The summed E-state index contributed by atoms with van der Waals surface area (Å²) in [6.07, 6.45) is 5.36. The van der Waals surface area contributed by atoms with Crippen LogP contribution < -0.4 is 10.2 Å². The van der Waals surface area contributed by atoms with E-state index in [-0.39, 0.29) is 17.9 Å². The Labute approximate surface area is 189 Å². The molecule has 0 saturated heterocycles. The monoisotopic (exact) mass is 434 g/mol. The molecule has 162 valence electrons. The number of anilines is 1. The number of hydrogen-bond acceptors (Lipinski definition) is 3. The number of carbonyl (C=O) groups excluding carboxylic acids is 2. The van der Waals surface area contributed by atoms with Crippen LogP contribution >= 0.6 is 11.8 Å². The molecule has 1 fully saturated rings. The average Bonchev–Trinajstić information content (AvgIpc) is 2.75. The molecule has 5 heteroatoms. The van der Waals surface area contributed by atoms with E-state index in [1.807, 2.05) is 49.4 Å². The van der Waals surface area contributed by atoms with Crippen molar-refractivity contribution in [2.24, 2.45) is 11.8 Å². The highest BCUT2D eigenvalue weighted by Gasteiger charge is 2.30. The molecule has 0 radical (unpaired) electrons. The van der Waals surface area contributed by atoms with Crippen molar-refractivity contribution in [3.8, 4) is 0 Å². The highest BCUT2D eigenvalue weighted by Crippen LogP contribution is 2.42. The Kier molecular flexibility index (Phi) is 6.24. The van der Waals surface area contributed by atoms with Gasteiger partial charge < -0.3 is 10.2 Å². The molecule has 2 amide bonds. The first kappa shape index (κ1) is 21.7. The van der Waals surface area contributed by atoms with E-state index >= 15 is 0 Å². The molecule has 2 aliphatic rings. The topological polar surface area (TPSA) is 49.4 Å². The Hall–Kier alpha value is -2.53. The van der Waals surface area contributed by atoms with Crippen LogP contribution in [0, 0.1) is 18.8 Å². The third kappa shape index (κ3) is 4.57. The Balaban J connectivity index is 1.55. The van der Waals surface area contributed by atoms with Gasteiger partial charge in [-0.2, -0.15) is 0 Å². The molecule has 0 unspecified atom stereocenters. The van der Waals surface area contributed by atoms with Gasteiger partial charge in [0.05, 0.1) is 10.6 Å². The van der Waals surface area contributed by atoms with E-state index in [9.17, 15) is 9.59 Å². The number of fused-ring (bicyclic) bond motifs is 1. The molecule has 0 spiro atoms. The molecule has 4 rings (SSSR count). The normalized spacial score (nSPS) is 24.8. The predicted octanol–water partition coefficient (Wildman–Crippen LogP) is 5.66. The van der Waals surface area contributed by atoms with Gasteiger partial charge in [-0.3, -0.25) is 9.59 Å². The van der Waals surface area contributed by atoms with Crippen LogP contribution in [0.1, 0.15) is 54.6 Å². The fourth-order valence-corrected chi connectivity index (χ4v) is 5.58. The molecule has 1 aliphatic carbocycles. The van der Waals surface area contributed by atoms with Crippen LogP contribution in [0.15, 0.2) is 52.3 Å². The smallest absolute Gasteiger partial charge is 0.264 e. The maximum atomic E-state index is 13.0. The van der Waals surface area contributed by atoms with Crippen molar-refractivity contribution in [1.29, 1.82) is 0 Å². The maximum absolute atomic E-state index is 13.0. The van der Waals surface area contributed by atoms with Crippen LogP contribution in [0.3, 0.4) is 0 Å². The lowest BCUT2D eigenvalue weighted by Gasteiger charge is -2.34. The zero-order chi connectivity index (χ0) is 22.1. The second kappa shape index (κ2) is 8.91. The van der Waals surface area contributed by atoms with Gasteiger partial charge in [-0.25, -0.2) is 0 Å². The molecule has 1 saturated carbocycles. The zero-order valence-corrected chi connectivity index (χ0v) is 19.5. The number of hydrogen-bond donors (Lipinski definition) is 1. The van der Waals surface area contributed by atoms with Crippen LogP contribution in [0.25, 0.3) is 6.08 Å². The standard InChI is InChI=1S/C26H30N2O2S/c1-16-7-5-9-19(13-16)14-24-26(30)28(4)22-15-20(11-12-23(22)31-24)25(29)27-21-10-6-8-17(2)18(21)3/h5,7,9,11-15,17-18,21H,6,8,10H2,1-4H3,(H,27,29)/b24-14-/t17-,18-,21-/m1/s1. The van der Waals surface area contributed by atoms with Crippen molar-refractivity contribution < 1.29 is 9.59 Å². The van der Waals surface area contributed by atoms with Gasteiger partial charge in [0.15, 0.2) is 0 Å². The van der Waals surface area contributed by atoms with E-state index in [0.29, 0.717) is 22.3 Å². The number of aryl methyl sites for hydroxylation is 1. The number of likely N-dealkylation sites (N-methyl/N-ethyl adjacent to an activating group) is 1. The van der Waals surface area contributed by atoms with E-state index in [4.69, 9.17) is 0 Å². The molecular formula is C26H30N2O2S. The van der Waals surface area contributed by atoms with Gasteiger partial charge in [0, 0.05) is 23.5 Å². The molecule has 1 aliphatic heterocycles. The van der Waals surface area contributed by atoms with Crippen molar-refractivity contribution in [1.82, 2.24) is 5.32 Å². The minimum absolute atomic E-state index is 0.0497. The summed E-state index contributed by atoms with van der Waals surface area (Å²) in [6.45, 7) is 6.54. The van der Waals surface area contributed by atoms with E-state index < -0.39 is 0 Å². The van der Waals surface area contributed by atoms with E-state index in [2.05, 4.69) is 25.2 Å². The first-order chi connectivity index (χ1) is 14.8.